The molecule has 29 heavy (non-hydrogen) atoms. The van der Waals surface area contributed by atoms with E-state index in [1.165, 1.54) is 6.92 Å². The zero-order valence-electron chi connectivity index (χ0n) is 15.1. The number of thiocarbonyl (C=S) groups is 1. The van der Waals surface area contributed by atoms with Gasteiger partial charge in [-0.05, 0) is 29.9 Å². The fourth-order valence-electron chi connectivity index (χ4n) is 3.23. The van der Waals surface area contributed by atoms with Gasteiger partial charge in [-0.2, -0.15) is 5.01 Å². The number of hydrogen-bond acceptors (Lipinski definition) is 5. The number of carbonyl (C=O) groups is 3. The number of nitrogens with zero attached hydrogens (tertiary/aromatic N) is 2. The van der Waals surface area contributed by atoms with Crippen LogP contribution in [-0.4, -0.2) is 27.1 Å². The third-order valence-electron chi connectivity index (χ3n) is 4.48. The molecule has 0 spiro atoms. The van der Waals surface area contributed by atoms with E-state index in [-0.39, 0.29) is 27.3 Å². The first-order chi connectivity index (χ1) is 13.9. The smallest absolute Gasteiger partial charge is 0.286 e. The summed E-state index contributed by atoms with van der Waals surface area (Å²) in [6.07, 6.45) is 0. The highest BCUT2D eigenvalue weighted by molar-refractivity contribution is 8.26. The lowest BCUT2D eigenvalue weighted by molar-refractivity contribution is -0.132. The lowest BCUT2D eigenvalue weighted by atomic mass is 10.1. The van der Waals surface area contributed by atoms with Crippen molar-refractivity contribution >= 4 is 68.9 Å². The molecule has 146 valence electrons. The van der Waals surface area contributed by atoms with Crippen molar-refractivity contribution in [2.45, 2.75) is 13.5 Å². The van der Waals surface area contributed by atoms with Crippen LogP contribution >= 0.6 is 35.6 Å². The van der Waals surface area contributed by atoms with Crippen molar-refractivity contribution in [2.24, 2.45) is 0 Å². The molecule has 6 nitrogen and oxygen atoms in total. The van der Waals surface area contributed by atoms with Crippen LogP contribution in [0.3, 0.4) is 0 Å². The van der Waals surface area contributed by atoms with Gasteiger partial charge in [0.15, 0.2) is 4.32 Å². The van der Waals surface area contributed by atoms with Crippen LogP contribution in [0.1, 0.15) is 18.1 Å². The summed E-state index contributed by atoms with van der Waals surface area (Å²) in [6.45, 7) is 1.55. The van der Waals surface area contributed by atoms with Crippen LogP contribution in [0, 0.1) is 0 Å². The summed E-state index contributed by atoms with van der Waals surface area (Å²) in [5, 5.41) is 1.56. The summed E-state index contributed by atoms with van der Waals surface area (Å²) in [6, 6.07) is 14.6. The molecule has 0 aromatic heterocycles. The molecule has 0 saturated carbocycles. The monoisotopic (exact) mass is 443 g/mol. The predicted octanol–water partition coefficient (Wildman–Crippen LogP) is 3.51. The Balaban J connectivity index is 1.78. The number of para-hydroxylation sites is 1. The molecule has 0 unspecified atom stereocenters. The molecule has 1 fully saturated rings. The standard InChI is InChI=1S/C20H14ClN3O3S2/c1-11(25)22-24-19(27)17(29-20(24)28)16-13-7-3-5-9-15(13)23(18(16)26)10-12-6-2-4-8-14(12)21/h2-9H,10H2,1H3,(H,22,25)/b17-16-. The first-order valence-corrected chi connectivity index (χ1v) is 10.2. The number of fused-ring (bicyclic) bond motifs is 1. The van der Waals surface area contributed by atoms with Gasteiger partial charge < -0.3 is 4.90 Å². The average Bonchev–Trinajstić information content (AvgIpc) is 3.11. The average molecular weight is 444 g/mol. The first-order valence-electron chi connectivity index (χ1n) is 8.61. The van der Waals surface area contributed by atoms with Crippen LogP contribution in [0.25, 0.3) is 5.57 Å². The van der Waals surface area contributed by atoms with Crippen LogP contribution < -0.4 is 10.3 Å². The maximum absolute atomic E-state index is 13.4. The molecule has 3 amide bonds. The van der Waals surface area contributed by atoms with E-state index < -0.39 is 11.8 Å². The van der Waals surface area contributed by atoms with Gasteiger partial charge in [-0.25, -0.2) is 0 Å². The Hall–Kier alpha value is -2.68. The molecule has 0 atom stereocenters. The fraction of sp³-hybridized carbons (Fsp3) is 0.100. The molecule has 2 aliphatic heterocycles. The number of hydrazine groups is 1. The molecule has 1 N–H and O–H groups in total. The van der Waals surface area contributed by atoms with Crippen LogP contribution in [0.15, 0.2) is 53.4 Å². The van der Waals surface area contributed by atoms with Crippen LogP contribution in [0.5, 0.6) is 0 Å². The van der Waals surface area contributed by atoms with E-state index in [9.17, 15) is 14.4 Å². The number of nitrogens with one attached hydrogen (secondary N) is 1. The normalized spacial score (nSPS) is 18.5. The minimum absolute atomic E-state index is 0.169. The number of amides is 3. The van der Waals surface area contributed by atoms with Crippen LogP contribution in [-0.2, 0) is 20.9 Å². The predicted molar refractivity (Wildman–Crippen MR) is 117 cm³/mol. The Bertz CT molecular complexity index is 1120. The van der Waals surface area contributed by atoms with Gasteiger partial charge in [0.25, 0.3) is 11.8 Å². The summed E-state index contributed by atoms with van der Waals surface area (Å²) in [7, 11) is 0. The number of anilines is 1. The van der Waals surface area contributed by atoms with Gasteiger partial charge in [-0.15, -0.1) is 0 Å². The summed E-state index contributed by atoms with van der Waals surface area (Å²) >= 11 is 12.5. The molecule has 2 aromatic rings. The van der Waals surface area contributed by atoms with Crippen LogP contribution in [0.2, 0.25) is 5.02 Å². The van der Waals surface area contributed by atoms with Crippen molar-refractivity contribution < 1.29 is 14.4 Å². The minimum atomic E-state index is -0.520. The summed E-state index contributed by atoms with van der Waals surface area (Å²) < 4.78 is 0.169. The first kappa shape index (κ1) is 19.6. The Kier molecular flexibility index (Phi) is 5.16. The van der Waals surface area contributed by atoms with E-state index in [0.717, 1.165) is 22.3 Å². The second kappa shape index (κ2) is 7.62. The summed E-state index contributed by atoms with van der Waals surface area (Å²) in [5.41, 5.74) is 4.81. The molecule has 1 saturated heterocycles. The molecule has 2 aromatic carbocycles. The Morgan fingerprint density at radius 2 is 1.79 bits per heavy atom. The van der Waals surface area contributed by atoms with Crippen molar-refractivity contribution in [2.75, 3.05) is 4.90 Å². The molecule has 2 heterocycles. The van der Waals surface area contributed by atoms with E-state index in [1.54, 1.807) is 23.1 Å². The summed E-state index contributed by atoms with van der Waals surface area (Å²) in [5.74, 6) is -1.26. The quantitative estimate of drug-likeness (QED) is 0.580. The SMILES string of the molecule is CC(=O)NN1C(=O)/C(=C2/C(=O)N(Cc3ccccc3Cl)c3ccccc32)SC1=S. The molecule has 0 radical (unpaired) electrons. The van der Waals surface area contributed by atoms with Crippen molar-refractivity contribution in [3.05, 3.63) is 69.6 Å². The van der Waals surface area contributed by atoms with Gasteiger partial charge in [-0.3, -0.25) is 19.8 Å². The molecule has 4 rings (SSSR count). The zero-order chi connectivity index (χ0) is 20.7. The minimum Gasteiger partial charge on any atom is -0.303 e. The Morgan fingerprint density at radius 1 is 1.10 bits per heavy atom. The van der Waals surface area contributed by atoms with Gasteiger partial charge in [0.2, 0.25) is 5.91 Å². The van der Waals surface area contributed by atoms with E-state index in [0.29, 0.717) is 16.3 Å². The van der Waals surface area contributed by atoms with E-state index >= 15 is 0 Å². The van der Waals surface area contributed by atoms with Crippen molar-refractivity contribution in [3.8, 4) is 0 Å². The molecular formula is C20H14ClN3O3S2. The Morgan fingerprint density at radius 3 is 2.52 bits per heavy atom. The molecule has 9 heteroatoms. The molecule has 0 aliphatic carbocycles. The molecule has 0 bridgehead atoms. The third kappa shape index (κ3) is 3.43. The van der Waals surface area contributed by atoms with Gasteiger partial charge in [0, 0.05) is 17.5 Å². The summed E-state index contributed by atoms with van der Waals surface area (Å²) in [4.78, 5) is 39.4. The maximum atomic E-state index is 13.4. The number of thioether (sulfide) groups is 1. The van der Waals surface area contributed by atoms with Crippen molar-refractivity contribution in [1.29, 1.82) is 0 Å². The number of halogens is 1. The van der Waals surface area contributed by atoms with Gasteiger partial charge in [0.1, 0.15) is 0 Å². The lowest BCUT2D eigenvalue weighted by Crippen LogP contribution is -2.43. The highest BCUT2D eigenvalue weighted by atomic mass is 35.5. The van der Waals surface area contributed by atoms with Crippen LogP contribution in [0.4, 0.5) is 5.69 Å². The number of rotatable bonds is 3. The second-order valence-corrected chi connectivity index (χ2v) is 8.43. The van der Waals surface area contributed by atoms with E-state index in [4.69, 9.17) is 23.8 Å². The number of benzene rings is 2. The topological polar surface area (TPSA) is 69.7 Å². The van der Waals surface area contributed by atoms with Crippen molar-refractivity contribution in [3.63, 3.8) is 0 Å². The zero-order valence-corrected chi connectivity index (χ0v) is 17.5. The Labute approximate surface area is 181 Å². The van der Waals surface area contributed by atoms with E-state index in [1.807, 2.05) is 30.3 Å². The molecule has 2 aliphatic rings. The molecular weight excluding hydrogens is 430 g/mol. The van der Waals surface area contributed by atoms with Gasteiger partial charge in [0.05, 0.1) is 22.7 Å². The number of carbonyl (C=O) groups excluding carboxylic acids is 3. The highest BCUT2D eigenvalue weighted by Crippen LogP contribution is 2.44. The largest absolute Gasteiger partial charge is 0.303 e. The second-order valence-electron chi connectivity index (χ2n) is 6.38. The lowest BCUT2D eigenvalue weighted by Gasteiger charge is -2.18. The van der Waals surface area contributed by atoms with Gasteiger partial charge in [-0.1, -0.05) is 59.8 Å². The third-order valence-corrected chi connectivity index (χ3v) is 6.22. The highest BCUT2D eigenvalue weighted by Gasteiger charge is 2.42. The van der Waals surface area contributed by atoms with Crippen molar-refractivity contribution in [1.82, 2.24) is 10.4 Å². The fourth-order valence-corrected chi connectivity index (χ4v) is 4.67. The van der Waals surface area contributed by atoms with E-state index in [2.05, 4.69) is 5.43 Å². The maximum Gasteiger partial charge on any atom is 0.286 e. The number of hydrogen-bond donors (Lipinski definition) is 1. The van der Waals surface area contributed by atoms with Gasteiger partial charge >= 0.3 is 0 Å².